The molecule has 12 nitrogen and oxygen atoms in total. The van der Waals surface area contributed by atoms with Crippen LogP contribution in [0.5, 0.6) is 0 Å². The molecule has 5 aromatic rings. The number of terminal acetylenes is 1. The summed E-state index contributed by atoms with van der Waals surface area (Å²) in [6.07, 6.45) is 7.22. The fraction of sp³-hybridized carbons (Fsp3) is 0.129. The highest BCUT2D eigenvalue weighted by Crippen LogP contribution is 2.22. The van der Waals surface area contributed by atoms with E-state index in [1.165, 1.54) is 23.9 Å². The highest BCUT2D eigenvalue weighted by molar-refractivity contribution is 7.98. The third kappa shape index (κ3) is 7.36. The zero-order valence-electron chi connectivity index (χ0n) is 23.3. The van der Waals surface area contributed by atoms with Crippen LogP contribution in [0.3, 0.4) is 0 Å². The Balaban J connectivity index is 1.25. The number of anilines is 2. The third-order valence-electron chi connectivity index (χ3n) is 6.54. The summed E-state index contributed by atoms with van der Waals surface area (Å²) >= 11 is 1.32. The highest BCUT2D eigenvalue weighted by atomic mass is 32.2. The number of benzene rings is 3. The molecule has 1 amide bonds. The zero-order chi connectivity index (χ0) is 31.1. The number of thioether (sulfide) groups is 1. The van der Waals surface area contributed by atoms with Crippen molar-refractivity contribution in [3.63, 3.8) is 0 Å². The van der Waals surface area contributed by atoms with Gasteiger partial charge in [-0.3, -0.25) is 19.7 Å². The van der Waals surface area contributed by atoms with E-state index in [1.54, 1.807) is 60.8 Å². The number of nitro groups is 1. The molecule has 0 spiro atoms. The lowest BCUT2D eigenvalue weighted by Crippen LogP contribution is -2.24. The number of carbonyl (C=O) groups excluding carboxylic acids is 1. The van der Waals surface area contributed by atoms with Crippen LogP contribution in [0.1, 0.15) is 27.3 Å². The maximum absolute atomic E-state index is 12.9. The number of H-pyrrole nitrogens is 1. The number of aromatic nitrogens is 4. The molecular formula is C31H26N8O4S. The van der Waals surface area contributed by atoms with Gasteiger partial charge < -0.3 is 20.9 Å². The fourth-order valence-corrected chi connectivity index (χ4v) is 5.12. The molecule has 220 valence electrons. The summed E-state index contributed by atoms with van der Waals surface area (Å²) in [4.78, 5) is 53.8. The predicted molar refractivity (Wildman–Crippen MR) is 169 cm³/mol. The van der Waals surface area contributed by atoms with Gasteiger partial charge in [-0.2, -0.15) is 0 Å². The number of aromatic amines is 1. The van der Waals surface area contributed by atoms with E-state index in [0.29, 0.717) is 57.7 Å². The van der Waals surface area contributed by atoms with Crippen LogP contribution in [-0.4, -0.2) is 37.3 Å². The van der Waals surface area contributed by atoms with Gasteiger partial charge in [-0.05, 0) is 53.6 Å². The van der Waals surface area contributed by atoms with Crippen molar-refractivity contribution < 1.29 is 9.72 Å². The Morgan fingerprint density at radius 2 is 1.91 bits per heavy atom. The Kier molecular flexibility index (Phi) is 9.12. The summed E-state index contributed by atoms with van der Waals surface area (Å²) < 4.78 is 0. The molecule has 0 saturated heterocycles. The van der Waals surface area contributed by atoms with Crippen molar-refractivity contribution in [2.75, 3.05) is 17.2 Å². The first-order valence-electron chi connectivity index (χ1n) is 13.3. The van der Waals surface area contributed by atoms with Gasteiger partial charge >= 0.3 is 0 Å². The van der Waals surface area contributed by atoms with Crippen molar-refractivity contribution >= 4 is 45.8 Å². The van der Waals surface area contributed by atoms with E-state index in [2.05, 4.69) is 31.2 Å². The Bertz CT molecular complexity index is 1940. The van der Waals surface area contributed by atoms with Crippen LogP contribution >= 0.6 is 11.8 Å². The van der Waals surface area contributed by atoms with Crippen LogP contribution in [0, 0.1) is 22.5 Å². The standard InChI is InChI=1S/C31H26N8O4S/c1-2-14-38(23-9-7-22(8-10-23)29(40)34-17-20-4-3-5-24(15-20)39(42)43)18-21-6-11-26-25(16-21)30(41)37-28(35-26)19-44-31-33-13-12-27(32)36-31/h1,3-13,15-16H,14,17-19H2,(H,34,40)(H2,32,33,36)(H,35,37,41). The van der Waals surface area contributed by atoms with Crippen molar-refractivity contribution in [3.05, 3.63) is 122 Å². The van der Waals surface area contributed by atoms with Crippen molar-refractivity contribution in [2.24, 2.45) is 0 Å². The lowest BCUT2D eigenvalue weighted by molar-refractivity contribution is -0.384. The molecule has 0 radical (unpaired) electrons. The molecule has 0 aliphatic carbocycles. The smallest absolute Gasteiger partial charge is 0.269 e. The molecule has 5 rings (SSSR count). The van der Waals surface area contributed by atoms with Crippen molar-refractivity contribution in [1.82, 2.24) is 25.3 Å². The number of hydrogen-bond donors (Lipinski definition) is 3. The van der Waals surface area contributed by atoms with Gasteiger partial charge in [-0.25, -0.2) is 15.0 Å². The summed E-state index contributed by atoms with van der Waals surface area (Å²) in [5.74, 6) is 3.58. The third-order valence-corrected chi connectivity index (χ3v) is 7.41. The summed E-state index contributed by atoms with van der Waals surface area (Å²) in [6, 6.07) is 20.2. The maximum atomic E-state index is 12.9. The van der Waals surface area contributed by atoms with Crippen LogP contribution in [-0.2, 0) is 18.8 Å². The van der Waals surface area contributed by atoms with Gasteiger partial charge in [0.15, 0.2) is 5.16 Å². The summed E-state index contributed by atoms with van der Waals surface area (Å²) in [5, 5.41) is 14.7. The minimum absolute atomic E-state index is 0.0356. The Morgan fingerprint density at radius 3 is 2.66 bits per heavy atom. The molecule has 44 heavy (non-hydrogen) atoms. The zero-order valence-corrected chi connectivity index (χ0v) is 24.1. The second-order valence-corrected chi connectivity index (χ2v) is 10.6. The molecule has 0 aliphatic heterocycles. The van der Waals surface area contributed by atoms with E-state index in [0.717, 1.165) is 11.3 Å². The highest BCUT2D eigenvalue weighted by Gasteiger charge is 2.13. The molecule has 0 fully saturated rings. The first-order valence-corrected chi connectivity index (χ1v) is 14.3. The molecule has 0 atom stereocenters. The van der Waals surface area contributed by atoms with Gasteiger partial charge in [0.25, 0.3) is 17.2 Å². The van der Waals surface area contributed by atoms with E-state index < -0.39 is 4.92 Å². The number of non-ortho nitro benzene ring substituents is 1. The predicted octanol–water partition coefficient (Wildman–Crippen LogP) is 4.07. The maximum Gasteiger partial charge on any atom is 0.269 e. The lowest BCUT2D eigenvalue weighted by Gasteiger charge is -2.23. The first-order chi connectivity index (χ1) is 21.3. The van der Waals surface area contributed by atoms with Crippen LogP contribution in [0.4, 0.5) is 17.2 Å². The van der Waals surface area contributed by atoms with Gasteiger partial charge in [0.1, 0.15) is 11.6 Å². The minimum atomic E-state index is -0.477. The average Bonchev–Trinajstić information content (AvgIpc) is 3.03. The number of hydrogen-bond acceptors (Lipinski definition) is 10. The SMILES string of the molecule is C#CCN(Cc1ccc2nc(CSc3nccc(N)n3)[nH]c(=O)c2c1)c1ccc(C(=O)NCc2cccc([N+](=O)[O-])c2)cc1. The van der Waals surface area contributed by atoms with Crippen molar-refractivity contribution in [3.8, 4) is 12.3 Å². The minimum Gasteiger partial charge on any atom is -0.384 e. The number of nitrogen functional groups attached to an aromatic ring is 1. The molecule has 13 heteroatoms. The normalized spacial score (nSPS) is 10.7. The van der Waals surface area contributed by atoms with E-state index >= 15 is 0 Å². The van der Waals surface area contributed by atoms with E-state index in [4.69, 9.17) is 12.2 Å². The number of fused-ring (bicyclic) bond motifs is 1. The quantitative estimate of drug-likeness (QED) is 0.0654. The number of nitrogens with zero attached hydrogens (tertiary/aromatic N) is 5. The number of nitrogens with one attached hydrogen (secondary N) is 2. The van der Waals surface area contributed by atoms with E-state index in [-0.39, 0.29) is 23.7 Å². The number of nitro benzene ring substituents is 1. The molecule has 2 heterocycles. The van der Waals surface area contributed by atoms with E-state index in [1.807, 2.05) is 11.0 Å². The largest absolute Gasteiger partial charge is 0.384 e. The van der Waals surface area contributed by atoms with Gasteiger partial charge in [0.05, 0.1) is 28.1 Å². The molecule has 0 unspecified atom stereocenters. The number of amides is 1. The summed E-state index contributed by atoms with van der Waals surface area (Å²) in [6.45, 7) is 0.869. The fourth-order valence-electron chi connectivity index (χ4n) is 4.41. The molecule has 0 saturated carbocycles. The van der Waals surface area contributed by atoms with Crippen LogP contribution in [0.25, 0.3) is 10.9 Å². The van der Waals surface area contributed by atoms with Crippen molar-refractivity contribution in [1.29, 1.82) is 0 Å². The average molecular weight is 607 g/mol. The number of nitrogens with two attached hydrogens (primary N) is 1. The molecule has 0 aliphatic rings. The first kappa shape index (κ1) is 29.7. The summed E-state index contributed by atoms with van der Waals surface area (Å²) in [5.41, 5.74) is 8.67. The summed E-state index contributed by atoms with van der Waals surface area (Å²) in [7, 11) is 0. The second kappa shape index (κ2) is 13.5. The van der Waals surface area contributed by atoms with Gasteiger partial charge in [0, 0.05) is 42.7 Å². The Labute approximate surface area is 255 Å². The Hall–Kier alpha value is -5.74. The molecular weight excluding hydrogens is 580 g/mol. The topological polar surface area (TPSA) is 173 Å². The van der Waals surface area contributed by atoms with Gasteiger partial charge in [-0.15, -0.1) is 6.42 Å². The second-order valence-electron chi connectivity index (χ2n) is 9.63. The van der Waals surface area contributed by atoms with E-state index in [9.17, 15) is 19.7 Å². The van der Waals surface area contributed by atoms with Gasteiger partial charge in [0.2, 0.25) is 0 Å². The molecule has 2 aromatic heterocycles. The number of carbonyl (C=O) groups is 1. The van der Waals surface area contributed by atoms with Crippen LogP contribution in [0.15, 0.2) is 88.9 Å². The Morgan fingerprint density at radius 1 is 1.09 bits per heavy atom. The molecule has 4 N–H and O–H groups in total. The number of rotatable bonds is 11. The molecule has 0 bridgehead atoms. The lowest BCUT2D eigenvalue weighted by atomic mass is 10.1. The molecule has 3 aromatic carbocycles. The monoisotopic (exact) mass is 606 g/mol. The van der Waals surface area contributed by atoms with Gasteiger partial charge in [-0.1, -0.05) is 35.9 Å². The van der Waals surface area contributed by atoms with Crippen molar-refractivity contribution in [2.45, 2.75) is 24.0 Å². The van der Waals surface area contributed by atoms with Crippen LogP contribution in [0.2, 0.25) is 0 Å². The van der Waals surface area contributed by atoms with Crippen LogP contribution < -0.4 is 21.5 Å².